The maximum Gasteiger partial charge on any atom is 0.416 e. The zero-order valence-electron chi connectivity index (χ0n) is 16.1. The molecule has 0 aromatic heterocycles. The number of amides is 2. The molecule has 0 bridgehead atoms. The second-order valence-electron chi connectivity index (χ2n) is 7.87. The lowest BCUT2D eigenvalue weighted by molar-refractivity contribution is -0.143. The highest BCUT2D eigenvalue weighted by Gasteiger charge is 2.38. The molecule has 2 N–H and O–H groups in total. The van der Waals surface area contributed by atoms with Crippen molar-refractivity contribution in [1.82, 2.24) is 4.90 Å². The Morgan fingerprint density at radius 1 is 1.07 bits per heavy atom. The van der Waals surface area contributed by atoms with Crippen molar-refractivity contribution in [2.75, 3.05) is 18.4 Å². The smallest absolute Gasteiger partial charge is 0.390 e. The molecule has 2 rings (SSSR count). The SMILES string of the molecule is CC(C)CCC1(O)CCN(C(=O)Nc2cc(C(F)(F)F)cc(C(F)(F)F)c2)CC1. The van der Waals surface area contributed by atoms with Crippen LogP contribution in [0, 0.1) is 5.92 Å². The van der Waals surface area contributed by atoms with Crippen molar-refractivity contribution in [1.29, 1.82) is 0 Å². The van der Waals surface area contributed by atoms with Crippen LogP contribution in [-0.2, 0) is 12.4 Å². The first-order chi connectivity index (χ1) is 13.2. The van der Waals surface area contributed by atoms with Crippen molar-refractivity contribution < 1.29 is 36.2 Å². The normalized spacial score (nSPS) is 17.5. The van der Waals surface area contributed by atoms with Gasteiger partial charge in [0.15, 0.2) is 0 Å². The quantitative estimate of drug-likeness (QED) is 0.623. The van der Waals surface area contributed by atoms with Crippen LogP contribution in [0.5, 0.6) is 0 Å². The van der Waals surface area contributed by atoms with E-state index in [0.717, 1.165) is 6.42 Å². The van der Waals surface area contributed by atoms with Crippen LogP contribution >= 0.6 is 0 Å². The predicted molar refractivity (Wildman–Crippen MR) is 95.3 cm³/mol. The predicted octanol–water partition coefficient (Wildman–Crippen LogP) is 5.52. The van der Waals surface area contributed by atoms with Gasteiger partial charge in [0.1, 0.15) is 0 Å². The second kappa shape index (κ2) is 8.41. The highest BCUT2D eigenvalue weighted by Crippen LogP contribution is 2.37. The Kier molecular flexibility index (Phi) is 6.76. The zero-order valence-corrected chi connectivity index (χ0v) is 16.1. The van der Waals surface area contributed by atoms with Gasteiger partial charge in [-0.05, 0) is 49.8 Å². The van der Waals surface area contributed by atoms with Gasteiger partial charge in [-0.1, -0.05) is 13.8 Å². The van der Waals surface area contributed by atoms with Gasteiger partial charge in [0.2, 0.25) is 0 Å². The molecular formula is C19H24F6N2O2. The lowest BCUT2D eigenvalue weighted by Gasteiger charge is -2.38. The summed E-state index contributed by atoms with van der Waals surface area (Å²) in [7, 11) is 0. The van der Waals surface area contributed by atoms with E-state index >= 15 is 0 Å². The summed E-state index contributed by atoms with van der Waals surface area (Å²) in [6, 6.07) is 0.140. The molecule has 1 aromatic rings. The average Bonchev–Trinajstić information content (AvgIpc) is 2.59. The number of alkyl halides is 6. The molecule has 2 amide bonds. The fourth-order valence-electron chi connectivity index (χ4n) is 3.16. The van der Waals surface area contributed by atoms with E-state index < -0.39 is 40.8 Å². The van der Waals surface area contributed by atoms with Gasteiger partial charge in [-0.25, -0.2) is 4.79 Å². The Morgan fingerprint density at radius 2 is 1.55 bits per heavy atom. The molecule has 1 aliphatic rings. The third-order valence-electron chi connectivity index (χ3n) is 5.01. The highest BCUT2D eigenvalue weighted by atomic mass is 19.4. The van der Waals surface area contributed by atoms with Crippen LogP contribution in [-0.4, -0.2) is 34.7 Å². The van der Waals surface area contributed by atoms with Gasteiger partial charge in [-0.2, -0.15) is 26.3 Å². The van der Waals surface area contributed by atoms with Gasteiger partial charge >= 0.3 is 18.4 Å². The number of benzene rings is 1. The van der Waals surface area contributed by atoms with Crippen LogP contribution in [0.25, 0.3) is 0 Å². The van der Waals surface area contributed by atoms with Gasteiger partial charge in [0.25, 0.3) is 0 Å². The summed E-state index contributed by atoms with van der Waals surface area (Å²) in [5.74, 6) is 0.407. The van der Waals surface area contributed by atoms with E-state index in [2.05, 4.69) is 5.32 Å². The first kappa shape index (κ1) is 23.3. The number of rotatable bonds is 4. The maximum absolute atomic E-state index is 12.9. The number of likely N-dealkylation sites (tertiary alicyclic amines) is 1. The minimum Gasteiger partial charge on any atom is -0.390 e. The second-order valence-corrected chi connectivity index (χ2v) is 7.87. The number of carbonyl (C=O) groups excluding carboxylic acids is 1. The minimum atomic E-state index is -4.99. The van der Waals surface area contributed by atoms with Crippen LogP contribution in [0.2, 0.25) is 0 Å². The Labute approximate surface area is 164 Å². The fourth-order valence-corrected chi connectivity index (χ4v) is 3.16. The molecule has 1 saturated heterocycles. The summed E-state index contributed by atoms with van der Waals surface area (Å²) in [6.07, 6.45) is -8.00. The van der Waals surface area contributed by atoms with E-state index in [1.807, 2.05) is 13.8 Å². The first-order valence-electron chi connectivity index (χ1n) is 9.27. The Bertz CT molecular complexity index is 690. The molecule has 0 spiro atoms. The Morgan fingerprint density at radius 3 is 1.97 bits per heavy atom. The standard InChI is InChI=1S/C19H24F6N2O2/c1-12(2)3-4-17(29)5-7-27(8-6-17)16(28)26-15-10-13(18(20,21)22)9-14(11-15)19(23,24)25/h9-12,29H,3-8H2,1-2H3,(H,26,28). The molecule has 0 aliphatic carbocycles. The van der Waals surface area contributed by atoms with Crippen LogP contribution in [0.4, 0.5) is 36.8 Å². The molecule has 4 nitrogen and oxygen atoms in total. The molecule has 1 aliphatic heterocycles. The van der Waals surface area contributed by atoms with Crippen LogP contribution in [0.3, 0.4) is 0 Å². The van der Waals surface area contributed by atoms with Crippen LogP contribution in [0.1, 0.15) is 50.7 Å². The average molecular weight is 426 g/mol. The molecule has 1 heterocycles. The van der Waals surface area contributed by atoms with E-state index in [9.17, 15) is 36.2 Å². The highest BCUT2D eigenvalue weighted by molar-refractivity contribution is 5.89. The largest absolute Gasteiger partial charge is 0.416 e. The topological polar surface area (TPSA) is 52.6 Å². The summed E-state index contributed by atoms with van der Waals surface area (Å²) in [5, 5.41) is 12.7. The monoisotopic (exact) mass is 426 g/mol. The molecule has 0 unspecified atom stereocenters. The molecule has 164 valence electrons. The first-order valence-corrected chi connectivity index (χ1v) is 9.27. The molecular weight excluding hydrogens is 402 g/mol. The Hall–Kier alpha value is -1.97. The number of halogens is 6. The third-order valence-corrected chi connectivity index (χ3v) is 5.01. The zero-order chi connectivity index (χ0) is 22.0. The molecule has 10 heteroatoms. The maximum atomic E-state index is 12.9. The molecule has 0 atom stereocenters. The van der Waals surface area contributed by atoms with Crippen molar-refractivity contribution in [2.45, 2.75) is 57.5 Å². The van der Waals surface area contributed by atoms with Gasteiger partial charge in [0, 0.05) is 18.8 Å². The van der Waals surface area contributed by atoms with Gasteiger partial charge in [-0.3, -0.25) is 0 Å². The lowest BCUT2D eigenvalue weighted by atomic mass is 9.85. The molecule has 0 radical (unpaired) electrons. The van der Waals surface area contributed by atoms with Crippen molar-refractivity contribution >= 4 is 11.7 Å². The van der Waals surface area contributed by atoms with E-state index in [0.29, 0.717) is 37.3 Å². The third kappa shape index (κ3) is 6.52. The van der Waals surface area contributed by atoms with E-state index in [-0.39, 0.29) is 19.2 Å². The number of anilines is 1. The van der Waals surface area contributed by atoms with E-state index in [4.69, 9.17) is 0 Å². The summed E-state index contributed by atoms with van der Waals surface area (Å²) in [4.78, 5) is 13.6. The summed E-state index contributed by atoms with van der Waals surface area (Å²) < 4.78 is 77.5. The number of urea groups is 1. The molecule has 1 fully saturated rings. The van der Waals surface area contributed by atoms with Gasteiger partial charge < -0.3 is 15.3 Å². The molecule has 29 heavy (non-hydrogen) atoms. The van der Waals surface area contributed by atoms with Gasteiger partial charge in [-0.15, -0.1) is 0 Å². The summed E-state index contributed by atoms with van der Waals surface area (Å²) >= 11 is 0. The van der Waals surface area contributed by atoms with Gasteiger partial charge in [0.05, 0.1) is 16.7 Å². The molecule has 0 saturated carbocycles. The minimum absolute atomic E-state index is 0.00535. The number of carbonyl (C=O) groups is 1. The van der Waals surface area contributed by atoms with E-state index in [1.54, 1.807) is 0 Å². The Balaban J connectivity index is 2.09. The van der Waals surface area contributed by atoms with E-state index in [1.165, 1.54) is 4.90 Å². The fraction of sp³-hybridized carbons (Fsp3) is 0.632. The van der Waals surface area contributed by atoms with Crippen molar-refractivity contribution in [3.8, 4) is 0 Å². The molecule has 1 aromatic carbocycles. The van der Waals surface area contributed by atoms with Crippen molar-refractivity contribution in [3.05, 3.63) is 29.3 Å². The van der Waals surface area contributed by atoms with Crippen molar-refractivity contribution in [2.24, 2.45) is 5.92 Å². The lowest BCUT2D eigenvalue weighted by Crippen LogP contribution is -2.48. The number of aliphatic hydroxyl groups is 1. The summed E-state index contributed by atoms with van der Waals surface area (Å²) in [5.41, 5.74) is -4.49. The van der Waals surface area contributed by atoms with Crippen LogP contribution < -0.4 is 5.32 Å². The van der Waals surface area contributed by atoms with Crippen molar-refractivity contribution in [3.63, 3.8) is 0 Å². The number of nitrogens with zero attached hydrogens (tertiary/aromatic N) is 1. The van der Waals surface area contributed by atoms with Crippen LogP contribution in [0.15, 0.2) is 18.2 Å². The number of hydrogen-bond acceptors (Lipinski definition) is 2. The summed E-state index contributed by atoms with van der Waals surface area (Å²) in [6.45, 7) is 4.36. The number of nitrogens with one attached hydrogen (secondary N) is 1. The number of hydrogen-bond donors (Lipinski definition) is 2. The number of piperidine rings is 1.